The molecular formula is C32H44ClN5O9S. The second-order valence-corrected chi connectivity index (χ2v) is 16.9. The van der Waals surface area contributed by atoms with Crippen molar-refractivity contribution < 1.29 is 41.9 Å². The summed E-state index contributed by atoms with van der Waals surface area (Å²) in [7, 11) is -3.92. The smallest absolute Gasteiger partial charge is 0.412 e. The Balaban J connectivity index is 1.59. The fraction of sp³-hybridized carbons (Fsp3) is 0.594. The number of halogens is 1. The molecule has 1 unspecified atom stereocenters. The summed E-state index contributed by atoms with van der Waals surface area (Å²) in [5.74, 6) is -2.88. The lowest BCUT2D eigenvalue weighted by atomic mass is 9.85. The lowest BCUT2D eigenvalue weighted by molar-refractivity contribution is -0.143. The monoisotopic (exact) mass is 709 g/mol. The largest absolute Gasteiger partial charge is 0.444 e. The Morgan fingerprint density at radius 1 is 1.06 bits per heavy atom. The van der Waals surface area contributed by atoms with E-state index in [2.05, 4.69) is 27.3 Å². The van der Waals surface area contributed by atoms with Gasteiger partial charge in [-0.3, -0.25) is 24.4 Å². The zero-order valence-electron chi connectivity index (χ0n) is 27.9. The van der Waals surface area contributed by atoms with Gasteiger partial charge in [0, 0.05) is 12.3 Å². The van der Waals surface area contributed by atoms with Crippen molar-refractivity contribution >= 4 is 57.2 Å². The first-order chi connectivity index (χ1) is 22.2. The van der Waals surface area contributed by atoms with Gasteiger partial charge >= 0.3 is 12.2 Å². The van der Waals surface area contributed by atoms with Crippen molar-refractivity contribution in [3.63, 3.8) is 0 Å². The number of amides is 5. The first-order valence-corrected chi connectivity index (χ1v) is 17.6. The number of likely N-dealkylation sites (tertiary alicyclic amines) is 1. The van der Waals surface area contributed by atoms with E-state index in [-0.39, 0.29) is 30.1 Å². The molecule has 1 heterocycles. The molecule has 0 bridgehead atoms. The Kier molecular flexibility index (Phi) is 10.5. The number of para-hydroxylation sites is 1. The van der Waals surface area contributed by atoms with Gasteiger partial charge in [0.1, 0.15) is 29.3 Å². The van der Waals surface area contributed by atoms with E-state index in [9.17, 15) is 32.4 Å². The Labute approximate surface area is 285 Å². The van der Waals surface area contributed by atoms with Crippen LogP contribution in [0.25, 0.3) is 0 Å². The number of rotatable bonds is 10. The Morgan fingerprint density at radius 3 is 2.25 bits per heavy atom. The van der Waals surface area contributed by atoms with Crippen LogP contribution in [0.3, 0.4) is 0 Å². The van der Waals surface area contributed by atoms with Gasteiger partial charge < -0.3 is 25.0 Å². The highest BCUT2D eigenvalue weighted by molar-refractivity contribution is 7.91. The maximum absolute atomic E-state index is 14.2. The second kappa shape index (κ2) is 13.6. The van der Waals surface area contributed by atoms with Gasteiger partial charge in [-0.25, -0.2) is 18.0 Å². The van der Waals surface area contributed by atoms with E-state index in [0.29, 0.717) is 12.8 Å². The second-order valence-electron chi connectivity index (χ2n) is 14.5. The van der Waals surface area contributed by atoms with Gasteiger partial charge in [-0.05, 0) is 57.6 Å². The van der Waals surface area contributed by atoms with Crippen LogP contribution in [0.15, 0.2) is 36.9 Å². The molecule has 264 valence electrons. The molecule has 1 saturated heterocycles. The molecule has 1 aromatic carbocycles. The highest BCUT2D eigenvalue weighted by Crippen LogP contribution is 2.45. The quantitative estimate of drug-likeness (QED) is 0.264. The third-order valence-corrected chi connectivity index (χ3v) is 10.4. The average Bonchev–Trinajstić information content (AvgIpc) is 3.88. The molecule has 2 saturated carbocycles. The van der Waals surface area contributed by atoms with E-state index in [1.165, 1.54) is 11.0 Å². The molecule has 0 aromatic heterocycles. The number of carbonyl (C=O) groups is 5. The van der Waals surface area contributed by atoms with Crippen molar-refractivity contribution in [2.75, 3.05) is 11.9 Å². The topological polar surface area (TPSA) is 189 Å². The molecule has 16 heteroatoms. The van der Waals surface area contributed by atoms with Crippen LogP contribution in [0, 0.1) is 11.3 Å². The number of nitrogens with one attached hydrogen (secondary N) is 4. The number of hydrogen-bond acceptors (Lipinski definition) is 9. The summed E-state index contributed by atoms with van der Waals surface area (Å²) >= 11 is 6.15. The van der Waals surface area contributed by atoms with Crippen LogP contribution >= 0.6 is 11.6 Å². The Morgan fingerprint density at radius 2 is 1.71 bits per heavy atom. The average molecular weight is 710 g/mol. The zero-order valence-corrected chi connectivity index (χ0v) is 29.5. The third-order valence-electron chi connectivity index (χ3n) is 8.26. The van der Waals surface area contributed by atoms with Crippen LogP contribution in [0.5, 0.6) is 0 Å². The summed E-state index contributed by atoms with van der Waals surface area (Å²) in [6, 6.07) is 4.05. The van der Waals surface area contributed by atoms with Gasteiger partial charge in [-0.2, -0.15) is 0 Å². The lowest BCUT2D eigenvalue weighted by Crippen LogP contribution is -2.60. The van der Waals surface area contributed by atoms with Crippen molar-refractivity contribution in [3.05, 3.63) is 41.9 Å². The van der Waals surface area contributed by atoms with Gasteiger partial charge in [0.2, 0.25) is 21.8 Å². The predicted molar refractivity (Wildman–Crippen MR) is 177 cm³/mol. The minimum Gasteiger partial charge on any atom is -0.444 e. The minimum absolute atomic E-state index is 0.0971. The first-order valence-electron chi connectivity index (χ1n) is 15.7. The van der Waals surface area contributed by atoms with Crippen molar-refractivity contribution in [2.45, 2.75) is 102 Å². The number of anilines is 1. The van der Waals surface area contributed by atoms with E-state index >= 15 is 0 Å². The van der Waals surface area contributed by atoms with E-state index < -0.39 is 85.8 Å². The van der Waals surface area contributed by atoms with Crippen molar-refractivity contribution in [1.29, 1.82) is 0 Å². The molecule has 2 aliphatic carbocycles. The van der Waals surface area contributed by atoms with Crippen LogP contribution in [0.1, 0.15) is 67.2 Å². The van der Waals surface area contributed by atoms with Gasteiger partial charge in [0.05, 0.1) is 22.5 Å². The van der Waals surface area contributed by atoms with Crippen molar-refractivity contribution in [2.24, 2.45) is 11.3 Å². The molecule has 1 aromatic rings. The summed E-state index contributed by atoms with van der Waals surface area (Å²) in [5, 5.41) is 7.44. The molecule has 5 atom stereocenters. The molecule has 0 radical (unpaired) electrons. The fourth-order valence-corrected chi connectivity index (χ4v) is 7.03. The SMILES string of the molecule is C=CC1C[C@]1(NC(=O)[C@@H]1C[C@@H](OC(=O)Nc2ccccc2Cl)CN1C(=O)[C@@H](NC(=O)OC(C)(C)C)C(C)(C)C)C(=O)NS(=O)(=O)C1CC1. The van der Waals surface area contributed by atoms with Crippen LogP contribution in [-0.4, -0.2) is 84.3 Å². The number of benzene rings is 1. The van der Waals surface area contributed by atoms with Crippen LogP contribution in [0.4, 0.5) is 15.3 Å². The molecule has 3 aliphatic rings. The Bertz CT molecular complexity index is 1580. The van der Waals surface area contributed by atoms with Crippen LogP contribution < -0.4 is 20.7 Å². The number of nitrogens with zero attached hydrogens (tertiary/aromatic N) is 1. The lowest BCUT2D eigenvalue weighted by Gasteiger charge is -2.36. The zero-order chi connectivity index (χ0) is 35.8. The molecule has 14 nitrogen and oxygen atoms in total. The third kappa shape index (κ3) is 8.78. The summed E-state index contributed by atoms with van der Waals surface area (Å²) in [4.78, 5) is 68.3. The molecule has 48 heavy (non-hydrogen) atoms. The molecule has 4 rings (SSSR count). The van der Waals surface area contributed by atoms with Gasteiger partial charge in [-0.15, -0.1) is 6.58 Å². The normalized spacial score (nSPS) is 24.5. The molecule has 3 fully saturated rings. The number of alkyl carbamates (subject to hydrolysis) is 1. The van der Waals surface area contributed by atoms with Crippen molar-refractivity contribution in [1.82, 2.24) is 20.3 Å². The summed E-state index contributed by atoms with van der Waals surface area (Å²) in [6.07, 6.45) is -0.449. The summed E-state index contributed by atoms with van der Waals surface area (Å²) in [5.41, 5.74) is -3.03. The number of carbonyl (C=O) groups excluding carboxylic acids is 5. The summed E-state index contributed by atoms with van der Waals surface area (Å²) in [6.45, 7) is 13.7. The van der Waals surface area contributed by atoms with Crippen molar-refractivity contribution in [3.8, 4) is 0 Å². The molecule has 0 spiro atoms. The van der Waals surface area contributed by atoms with Crippen LogP contribution in [-0.2, 0) is 33.9 Å². The highest BCUT2D eigenvalue weighted by atomic mass is 35.5. The highest BCUT2D eigenvalue weighted by Gasteiger charge is 2.62. The van der Waals surface area contributed by atoms with Gasteiger partial charge in [0.15, 0.2) is 0 Å². The van der Waals surface area contributed by atoms with Crippen LogP contribution in [0.2, 0.25) is 5.02 Å². The van der Waals surface area contributed by atoms with E-state index in [1.54, 1.807) is 65.8 Å². The van der Waals surface area contributed by atoms with E-state index in [4.69, 9.17) is 21.1 Å². The minimum atomic E-state index is -3.92. The standard InChI is InChI=1S/C32H44ClN5O9S/c1-8-18-16-32(18,27(41)37-48(44,45)20-13-14-20)36-25(39)23-15-19(46-28(42)34-22-12-10-9-11-21(22)33)17-38(23)26(40)24(30(2,3)4)35-29(43)47-31(5,6)7/h8-12,18-20,23-24H,1,13-17H2,2-7H3,(H,34,42)(H,35,43)(H,36,39)(H,37,41)/t18?,19-,23+,24-,32-/m1/s1. The number of hydrogen-bond donors (Lipinski definition) is 4. The van der Waals surface area contributed by atoms with Gasteiger partial charge in [-0.1, -0.05) is 50.6 Å². The molecule has 1 aliphatic heterocycles. The summed E-state index contributed by atoms with van der Waals surface area (Å²) < 4.78 is 38.2. The molecular weight excluding hydrogens is 666 g/mol. The van der Waals surface area contributed by atoms with Gasteiger partial charge in [0.25, 0.3) is 5.91 Å². The molecule has 4 N–H and O–H groups in total. The number of ether oxygens (including phenoxy) is 2. The van der Waals surface area contributed by atoms with E-state index in [1.807, 2.05) is 0 Å². The number of sulfonamides is 1. The first kappa shape index (κ1) is 37.0. The molecule has 5 amide bonds. The maximum Gasteiger partial charge on any atom is 0.412 e. The maximum atomic E-state index is 14.2. The predicted octanol–water partition coefficient (Wildman–Crippen LogP) is 3.47. The Hall–Kier alpha value is -3.85. The van der Waals surface area contributed by atoms with E-state index in [0.717, 1.165) is 0 Å². The fourth-order valence-electron chi connectivity index (χ4n) is 5.49.